The molecule has 0 saturated carbocycles. The number of aryl methyl sites for hydroxylation is 1. The van der Waals surface area contributed by atoms with E-state index in [-0.39, 0.29) is 5.75 Å². The highest BCUT2D eigenvalue weighted by Crippen LogP contribution is 2.42. The van der Waals surface area contributed by atoms with Crippen LogP contribution in [0.5, 0.6) is 5.75 Å². The molecule has 0 saturated heterocycles. The van der Waals surface area contributed by atoms with Crippen molar-refractivity contribution in [3.8, 4) is 5.75 Å². The van der Waals surface area contributed by atoms with Crippen molar-refractivity contribution in [3.05, 3.63) is 65.2 Å². The summed E-state index contributed by atoms with van der Waals surface area (Å²) in [5.74, 6) is -0.611. The largest absolute Gasteiger partial charge is 0.508 e. The van der Waals surface area contributed by atoms with Crippen LogP contribution in [-0.2, 0) is 23.1 Å². The molecule has 0 aromatic heterocycles. The van der Waals surface area contributed by atoms with E-state index in [0.29, 0.717) is 12.8 Å². The topological polar surface area (TPSA) is 57.5 Å². The highest BCUT2D eigenvalue weighted by molar-refractivity contribution is 5.83. The quantitative estimate of drug-likeness (QED) is 0.900. The first-order valence-electron chi connectivity index (χ1n) is 6.71. The smallest absolute Gasteiger partial charge is 0.314 e. The first-order valence-corrected chi connectivity index (χ1v) is 6.71. The molecule has 20 heavy (non-hydrogen) atoms. The second-order valence-corrected chi connectivity index (χ2v) is 5.39. The van der Waals surface area contributed by atoms with Gasteiger partial charge in [-0.1, -0.05) is 36.4 Å². The molecule has 2 aromatic rings. The van der Waals surface area contributed by atoms with Gasteiger partial charge in [-0.2, -0.15) is 0 Å². The van der Waals surface area contributed by atoms with Crippen molar-refractivity contribution in [3.63, 3.8) is 0 Å². The third-order valence-electron chi connectivity index (χ3n) is 4.18. The molecule has 0 spiro atoms. The predicted octanol–water partition coefficient (Wildman–Crippen LogP) is 2.90. The van der Waals surface area contributed by atoms with Crippen molar-refractivity contribution < 1.29 is 15.0 Å². The van der Waals surface area contributed by atoms with Gasteiger partial charge in [0, 0.05) is 0 Å². The van der Waals surface area contributed by atoms with Crippen LogP contribution in [0.25, 0.3) is 0 Å². The van der Waals surface area contributed by atoms with Gasteiger partial charge in [0.05, 0.1) is 5.41 Å². The maximum atomic E-state index is 11.9. The van der Waals surface area contributed by atoms with Crippen molar-refractivity contribution in [2.45, 2.75) is 24.7 Å². The number of rotatable bonds is 3. The number of phenols is 1. The lowest BCUT2D eigenvalue weighted by Crippen LogP contribution is -2.35. The lowest BCUT2D eigenvalue weighted by Gasteiger charge is -2.25. The molecule has 0 radical (unpaired) electrons. The van der Waals surface area contributed by atoms with E-state index < -0.39 is 11.4 Å². The van der Waals surface area contributed by atoms with Gasteiger partial charge in [-0.25, -0.2) is 0 Å². The van der Waals surface area contributed by atoms with E-state index >= 15 is 0 Å². The van der Waals surface area contributed by atoms with Crippen LogP contribution in [0.1, 0.15) is 23.1 Å². The summed E-state index contributed by atoms with van der Waals surface area (Å²) in [5, 5.41) is 19.3. The number of aliphatic carboxylic acids is 1. The summed E-state index contributed by atoms with van der Waals surface area (Å²) in [7, 11) is 0. The molecule has 0 heterocycles. The van der Waals surface area contributed by atoms with Crippen LogP contribution in [0.4, 0.5) is 0 Å². The van der Waals surface area contributed by atoms with E-state index in [1.165, 1.54) is 0 Å². The molecule has 1 aliphatic carbocycles. The van der Waals surface area contributed by atoms with Crippen LogP contribution < -0.4 is 0 Å². The second kappa shape index (κ2) is 4.67. The van der Waals surface area contributed by atoms with Crippen molar-refractivity contribution in [1.29, 1.82) is 0 Å². The average Bonchev–Trinajstić information content (AvgIpc) is 2.79. The van der Waals surface area contributed by atoms with Crippen molar-refractivity contribution in [2.75, 3.05) is 0 Å². The SMILES string of the molecule is O=C(O)C1(Cc2cccc(O)c2)CCc2ccccc21. The standard InChI is InChI=1S/C17H16O3/c18-14-6-3-4-12(10-14)11-17(16(19)20)9-8-13-5-1-2-7-15(13)17/h1-7,10,18H,8-9,11H2,(H,19,20). The third kappa shape index (κ3) is 1.95. The van der Waals surface area contributed by atoms with Gasteiger partial charge in [-0.15, -0.1) is 0 Å². The molecule has 0 bridgehead atoms. The fourth-order valence-electron chi connectivity index (χ4n) is 3.18. The summed E-state index contributed by atoms with van der Waals surface area (Å²) in [6.45, 7) is 0. The molecule has 3 heteroatoms. The van der Waals surface area contributed by atoms with E-state index in [2.05, 4.69) is 0 Å². The summed E-state index contributed by atoms with van der Waals surface area (Å²) in [4.78, 5) is 11.9. The zero-order chi connectivity index (χ0) is 14.2. The van der Waals surface area contributed by atoms with E-state index in [9.17, 15) is 15.0 Å². The van der Waals surface area contributed by atoms with Gasteiger partial charge in [0.2, 0.25) is 0 Å². The Balaban J connectivity index is 2.05. The van der Waals surface area contributed by atoms with Gasteiger partial charge >= 0.3 is 5.97 Å². The van der Waals surface area contributed by atoms with Gasteiger partial charge in [0.15, 0.2) is 0 Å². The fraction of sp³-hybridized carbons (Fsp3) is 0.235. The lowest BCUT2D eigenvalue weighted by molar-refractivity contribution is -0.143. The number of carboxylic acid groups (broad SMARTS) is 1. The van der Waals surface area contributed by atoms with Crippen LogP contribution in [0.15, 0.2) is 48.5 Å². The van der Waals surface area contributed by atoms with Gasteiger partial charge in [0.25, 0.3) is 0 Å². The number of benzene rings is 2. The zero-order valence-corrected chi connectivity index (χ0v) is 11.0. The number of phenolic OH excluding ortho intramolecular Hbond substituents is 1. The molecular formula is C17H16O3. The first-order chi connectivity index (χ1) is 9.62. The summed E-state index contributed by atoms with van der Waals surface area (Å²) in [6.07, 6.45) is 1.81. The number of carboxylic acids is 1. The van der Waals surface area contributed by atoms with Crippen molar-refractivity contribution >= 4 is 5.97 Å². The average molecular weight is 268 g/mol. The molecule has 3 nitrogen and oxygen atoms in total. The predicted molar refractivity (Wildman–Crippen MR) is 75.9 cm³/mol. The van der Waals surface area contributed by atoms with E-state index in [1.807, 2.05) is 30.3 Å². The van der Waals surface area contributed by atoms with E-state index in [1.54, 1.807) is 18.2 Å². The minimum Gasteiger partial charge on any atom is -0.508 e. The molecule has 1 atom stereocenters. The highest BCUT2D eigenvalue weighted by Gasteiger charge is 2.45. The highest BCUT2D eigenvalue weighted by atomic mass is 16.4. The van der Waals surface area contributed by atoms with Gasteiger partial charge in [-0.3, -0.25) is 4.79 Å². The van der Waals surface area contributed by atoms with Crippen molar-refractivity contribution in [2.24, 2.45) is 0 Å². The third-order valence-corrected chi connectivity index (χ3v) is 4.18. The van der Waals surface area contributed by atoms with Gasteiger partial charge < -0.3 is 10.2 Å². The Hall–Kier alpha value is -2.29. The summed E-state index contributed by atoms with van der Waals surface area (Å²) >= 11 is 0. The monoisotopic (exact) mass is 268 g/mol. The Morgan fingerprint density at radius 2 is 1.95 bits per heavy atom. The molecular weight excluding hydrogens is 252 g/mol. The Bertz CT molecular complexity index is 663. The number of aromatic hydroxyl groups is 1. The summed E-state index contributed by atoms with van der Waals surface area (Å²) in [6, 6.07) is 14.6. The zero-order valence-electron chi connectivity index (χ0n) is 11.0. The molecule has 0 amide bonds. The molecule has 2 aromatic carbocycles. The molecule has 2 N–H and O–H groups in total. The Morgan fingerprint density at radius 3 is 2.70 bits per heavy atom. The number of hydrogen-bond acceptors (Lipinski definition) is 2. The molecule has 1 aliphatic rings. The summed E-state index contributed by atoms with van der Waals surface area (Å²) in [5.41, 5.74) is 2.01. The lowest BCUT2D eigenvalue weighted by atomic mass is 9.76. The van der Waals surface area contributed by atoms with Crippen LogP contribution >= 0.6 is 0 Å². The molecule has 0 aliphatic heterocycles. The molecule has 3 rings (SSSR count). The van der Waals surface area contributed by atoms with E-state index in [0.717, 1.165) is 23.1 Å². The fourth-order valence-corrected chi connectivity index (χ4v) is 3.18. The van der Waals surface area contributed by atoms with Crippen LogP contribution in [0, 0.1) is 0 Å². The Labute approximate surface area is 117 Å². The van der Waals surface area contributed by atoms with Gasteiger partial charge in [-0.05, 0) is 48.1 Å². The second-order valence-electron chi connectivity index (χ2n) is 5.39. The Morgan fingerprint density at radius 1 is 1.15 bits per heavy atom. The van der Waals surface area contributed by atoms with E-state index in [4.69, 9.17) is 0 Å². The maximum absolute atomic E-state index is 11.9. The van der Waals surface area contributed by atoms with Crippen LogP contribution in [-0.4, -0.2) is 16.2 Å². The van der Waals surface area contributed by atoms with Gasteiger partial charge in [0.1, 0.15) is 5.75 Å². The normalized spacial score (nSPS) is 20.6. The van der Waals surface area contributed by atoms with Crippen molar-refractivity contribution in [1.82, 2.24) is 0 Å². The Kier molecular flexibility index (Phi) is 2.97. The number of fused-ring (bicyclic) bond motifs is 1. The molecule has 102 valence electrons. The molecule has 0 fully saturated rings. The van der Waals surface area contributed by atoms with Crippen LogP contribution in [0.3, 0.4) is 0 Å². The molecule has 1 unspecified atom stereocenters. The first kappa shape index (κ1) is 12.7. The number of hydrogen-bond donors (Lipinski definition) is 2. The summed E-state index contributed by atoms with van der Waals surface area (Å²) < 4.78 is 0. The minimum absolute atomic E-state index is 0.175. The van der Waals surface area contributed by atoms with Crippen LogP contribution in [0.2, 0.25) is 0 Å². The maximum Gasteiger partial charge on any atom is 0.314 e. The number of carbonyl (C=O) groups is 1. The minimum atomic E-state index is -0.871.